The third-order valence-electron chi connectivity index (χ3n) is 5.71. The van der Waals surface area contributed by atoms with Crippen LogP contribution in [0.2, 0.25) is 0 Å². The monoisotopic (exact) mass is 315 g/mol. The van der Waals surface area contributed by atoms with Crippen LogP contribution in [-0.4, -0.2) is 30.7 Å². The topological polar surface area (TPSA) is 38.8 Å². The van der Waals surface area contributed by atoms with Gasteiger partial charge in [0.05, 0.1) is 0 Å². The maximum Gasteiger partial charge on any atom is 0.231 e. The maximum absolute atomic E-state index is 12.5. The van der Waals surface area contributed by atoms with Crippen molar-refractivity contribution in [2.75, 3.05) is 19.9 Å². The molecule has 0 radical (unpaired) electrons. The van der Waals surface area contributed by atoms with E-state index in [9.17, 15) is 4.79 Å². The standard InChI is InChI=1S/C19H25NO3/c21-19(20-10-9-15-3-1-2-4-16(15)12-20)8-6-14-5-7-17-18(11-14)23-13-22-17/h5,7,11,15-16H,1-4,6,8-10,12-13H2/t15-,16-/m0/s1. The van der Waals surface area contributed by atoms with Gasteiger partial charge < -0.3 is 14.4 Å². The molecule has 2 fully saturated rings. The van der Waals surface area contributed by atoms with E-state index in [1.807, 2.05) is 18.2 Å². The molecule has 0 unspecified atom stereocenters. The summed E-state index contributed by atoms with van der Waals surface area (Å²) in [5.74, 6) is 3.55. The molecule has 2 atom stereocenters. The van der Waals surface area contributed by atoms with Gasteiger partial charge in [0.1, 0.15) is 0 Å². The predicted octanol–water partition coefficient (Wildman–Crippen LogP) is 3.39. The number of amides is 1. The number of rotatable bonds is 3. The molecule has 23 heavy (non-hydrogen) atoms. The molecule has 0 spiro atoms. The molecule has 4 nitrogen and oxygen atoms in total. The van der Waals surface area contributed by atoms with Gasteiger partial charge in [-0.1, -0.05) is 25.3 Å². The minimum atomic E-state index is 0.300. The number of benzene rings is 1. The summed E-state index contributed by atoms with van der Waals surface area (Å²) in [5, 5.41) is 0. The molecule has 0 aromatic heterocycles. The number of aryl methyl sites for hydroxylation is 1. The Balaban J connectivity index is 1.31. The third kappa shape index (κ3) is 3.17. The number of nitrogens with zero attached hydrogens (tertiary/aromatic N) is 1. The minimum absolute atomic E-state index is 0.300. The molecule has 1 aromatic rings. The van der Waals surface area contributed by atoms with E-state index in [1.165, 1.54) is 32.1 Å². The molecule has 2 aliphatic heterocycles. The molecule has 0 bridgehead atoms. The lowest BCUT2D eigenvalue weighted by atomic mass is 9.75. The number of piperidine rings is 1. The van der Waals surface area contributed by atoms with E-state index in [2.05, 4.69) is 4.90 Å². The molecule has 124 valence electrons. The van der Waals surface area contributed by atoms with E-state index in [1.54, 1.807) is 0 Å². The minimum Gasteiger partial charge on any atom is -0.454 e. The summed E-state index contributed by atoms with van der Waals surface area (Å²) in [5.41, 5.74) is 1.15. The quantitative estimate of drug-likeness (QED) is 0.858. The number of ether oxygens (including phenoxy) is 2. The molecule has 1 amide bonds. The van der Waals surface area contributed by atoms with E-state index < -0.39 is 0 Å². The van der Waals surface area contributed by atoms with Crippen LogP contribution in [0.4, 0.5) is 0 Å². The molecular formula is C19H25NO3. The zero-order chi connectivity index (χ0) is 15.6. The summed E-state index contributed by atoms with van der Waals surface area (Å²) in [6, 6.07) is 5.98. The van der Waals surface area contributed by atoms with Crippen LogP contribution >= 0.6 is 0 Å². The average Bonchev–Trinajstić information content (AvgIpc) is 3.07. The van der Waals surface area contributed by atoms with Crippen LogP contribution in [0.25, 0.3) is 0 Å². The maximum atomic E-state index is 12.5. The summed E-state index contributed by atoms with van der Waals surface area (Å²) in [7, 11) is 0. The van der Waals surface area contributed by atoms with Crippen LogP contribution in [-0.2, 0) is 11.2 Å². The molecule has 2 heterocycles. The van der Waals surface area contributed by atoms with Crippen LogP contribution in [0.3, 0.4) is 0 Å². The number of hydrogen-bond donors (Lipinski definition) is 0. The first-order valence-corrected chi connectivity index (χ1v) is 8.96. The molecule has 4 heteroatoms. The van der Waals surface area contributed by atoms with Crippen molar-refractivity contribution in [2.45, 2.75) is 44.9 Å². The Hall–Kier alpha value is -1.71. The van der Waals surface area contributed by atoms with Gasteiger partial charge >= 0.3 is 0 Å². The second-order valence-electron chi connectivity index (χ2n) is 7.12. The number of carbonyl (C=O) groups excluding carboxylic acids is 1. The lowest BCUT2D eigenvalue weighted by Gasteiger charge is -2.41. The fourth-order valence-electron chi connectivity index (χ4n) is 4.33. The van der Waals surface area contributed by atoms with E-state index in [4.69, 9.17) is 9.47 Å². The van der Waals surface area contributed by atoms with Crippen molar-refractivity contribution >= 4 is 5.91 Å². The highest BCUT2D eigenvalue weighted by Gasteiger charge is 2.32. The van der Waals surface area contributed by atoms with Crippen LogP contribution < -0.4 is 9.47 Å². The van der Waals surface area contributed by atoms with Crippen molar-refractivity contribution < 1.29 is 14.3 Å². The van der Waals surface area contributed by atoms with Gasteiger partial charge in [-0.05, 0) is 48.8 Å². The Morgan fingerprint density at radius 2 is 1.91 bits per heavy atom. The predicted molar refractivity (Wildman–Crippen MR) is 87.5 cm³/mol. The van der Waals surface area contributed by atoms with Gasteiger partial charge in [0.2, 0.25) is 12.7 Å². The fourth-order valence-corrected chi connectivity index (χ4v) is 4.33. The first kappa shape index (κ1) is 14.9. The SMILES string of the molecule is O=C(CCc1ccc2c(c1)OCO2)N1CC[C@@H]2CCCC[C@H]2C1. The van der Waals surface area contributed by atoms with Crippen molar-refractivity contribution in [1.29, 1.82) is 0 Å². The van der Waals surface area contributed by atoms with Crippen molar-refractivity contribution in [3.05, 3.63) is 23.8 Å². The molecule has 0 N–H and O–H groups in total. The van der Waals surface area contributed by atoms with E-state index in [0.717, 1.165) is 48.4 Å². The van der Waals surface area contributed by atoms with Crippen LogP contribution in [0.5, 0.6) is 11.5 Å². The van der Waals surface area contributed by atoms with Gasteiger partial charge in [-0.15, -0.1) is 0 Å². The normalized spacial score (nSPS) is 26.0. The third-order valence-corrected chi connectivity index (χ3v) is 5.71. The first-order chi connectivity index (χ1) is 11.3. The largest absolute Gasteiger partial charge is 0.454 e. The van der Waals surface area contributed by atoms with Gasteiger partial charge in [0.25, 0.3) is 0 Å². The van der Waals surface area contributed by atoms with Crippen LogP contribution in [0, 0.1) is 11.8 Å². The Kier molecular flexibility index (Phi) is 4.15. The van der Waals surface area contributed by atoms with E-state index in [-0.39, 0.29) is 0 Å². The Morgan fingerprint density at radius 3 is 2.83 bits per heavy atom. The lowest BCUT2D eigenvalue weighted by molar-refractivity contribution is -0.134. The molecular weight excluding hydrogens is 290 g/mol. The molecule has 3 aliphatic rings. The van der Waals surface area contributed by atoms with Gasteiger partial charge in [-0.2, -0.15) is 0 Å². The highest BCUT2D eigenvalue weighted by atomic mass is 16.7. The second kappa shape index (κ2) is 6.42. The summed E-state index contributed by atoms with van der Waals surface area (Å²) in [6.07, 6.45) is 8.01. The van der Waals surface area contributed by atoms with Gasteiger partial charge in [-0.3, -0.25) is 4.79 Å². The summed E-state index contributed by atoms with van der Waals surface area (Å²) >= 11 is 0. The molecule has 1 saturated carbocycles. The van der Waals surface area contributed by atoms with Crippen LogP contribution in [0.15, 0.2) is 18.2 Å². The van der Waals surface area contributed by atoms with Gasteiger partial charge in [0.15, 0.2) is 11.5 Å². The van der Waals surface area contributed by atoms with E-state index in [0.29, 0.717) is 19.1 Å². The van der Waals surface area contributed by atoms with Crippen molar-refractivity contribution in [3.8, 4) is 11.5 Å². The number of fused-ring (bicyclic) bond motifs is 2. The lowest BCUT2D eigenvalue weighted by Crippen LogP contribution is -2.44. The Labute approximate surface area is 137 Å². The van der Waals surface area contributed by atoms with Crippen molar-refractivity contribution in [3.63, 3.8) is 0 Å². The molecule has 1 saturated heterocycles. The summed E-state index contributed by atoms with van der Waals surface area (Å²) in [4.78, 5) is 14.7. The molecule has 1 aromatic carbocycles. The highest BCUT2D eigenvalue weighted by Crippen LogP contribution is 2.36. The number of likely N-dealkylation sites (tertiary alicyclic amines) is 1. The summed E-state index contributed by atoms with van der Waals surface area (Å²) < 4.78 is 10.7. The smallest absolute Gasteiger partial charge is 0.231 e. The Bertz CT molecular complexity index is 586. The zero-order valence-corrected chi connectivity index (χ0v) is 13.6. The average molecular weight is 315 g/mol. The first-order valence-electron chi connectivity index (χ1n) is 8.96. The van der Waals surface area contributed by atoms with Crippen molar-refractivity contribution in [2.24, 2.45) is 11.8 Å². The number of hydrogen-bond acceptors (Lipinski definition) is 3. The fraction of sp³-hybridized carbons (Fsp3) is 0.632. The zero-order valence-electron chi connectivity index (χ0n) is 13.6. The second-order valence-corrected chi connectivity index (χ2v) is 7.12. The Morgan fingerprint density at radius 1 is 1.09 bits per heavy atom. The molecule has 1 aliphatic carbocycles. The molecule has 4 rings (SSSR count). The highest BCUT2D eigenvalue weighted by molar-refractivity contribution is 5.76. The van der Waals surface area contributed by atoms with Gasteiger partial charge in [-0.25, -0.2) is 0 Å². The van der Waals surface area contributed by atoms with Crippen LogP contribution in [0.1, 0.15) is 44.1 Å². The van der Waals surface area contributed by atoms with E-state index >= 15 is 0 Å². The summed E-state index contributed by atoms with van der Waals surface area (Å²) in [6.45, 7) is 2.25. The number of carbonyl (C=O) groups is 1. The van der Waals surface area contributed by atoms with Crippen molar-refractivity contribution in [1.82, 2.24) is 4.90 Å². The van der Waals surface area contributed by atoms with Gasteiger partial charge in [0, 0.05) is 19.5 Å².